The number of ether oxygens (including phenoxy) is 2. The van der Waals surface area contributed by atoms with Crippen LogP contribution in [-0.4, -0.2) is 13.9 Å². The zero-order valence-electron chi connectivity index (χ0n) is 12.8. The van der Waals surface area contributed by atoms with Crippen LogP contribution in [0.3, 0.4) is 0 Å². The lowest BCUT2D eigenvalue weighted by atomic mass is 10.1. The summed E-state index contributed by atoms with van der Waals surface area (Å²) in [6, 6.07) is 0. The van der Waals surface area contributed by atoms with Crippen molar-refractivity contribution in [3.8, 4) is 0 Å². The Morgan fingerprint density at radius 3 is 2.39 bits per heavy atom. The van der Waals surface area contributed by atoms with E-state index in [2.05, 4.69) is 46.0 Å². The molecule has 0 aromatic rings. The molecule has 18 heavy (non-hydrogen) atoms. The van der Waals surface area contributed by atoms with Crippen LogP contribution in [0.1, 0.15) is 41.0 Å². The fourth-order valence-electron chi connectivity index (χ4n) is 2.50. The summed E-state index contributed by atoms with van der Waals surface area (Å²) in [4.78, 5) is 0. The molecule has 0 saturated heterocycles. The number of hydrogen-bond acceptors (Lipinski definition) is 2. The van der Waals surface area contributed by atoms with Crippen molar-refractivity contribution < 1.29 is 9.47 Å². The first-order chi connectivity index (χ1) is 8.05. The van der Waals surface area contributed by atoms with Crippen LogP contribution in [0.15, 0.2) is 23.7 Å². The van der Waals surface area contributed by atoms with Crippen LogP contribution in [-0.2, 0) is 9.47 Å². The second-order valence-electron chi connectivity index (χ2n) is 7.47. The summed E-state index contributed by atoms with van der Waals surface area (Å²) in [6.45, 7) is 15.9. The first kappa shape index (κ1) is 13.7. The van der Waals surface area contributed by atoms with Gasteiger partial charge in [0.1, 0.15) is 11.5 Å². The number of rotatable bonds is 1. The molecule has 0 saturated carbocycles. The Labute approximate surface area is 112 Å². The molecule has 0 amide bonds. The van der Waals surface area contributed by atoms with Gasteiger partial charge < -0.3 is 9.47 Å². The smallest absolute Gasteiger partial charge is 0.245 e. The molecule has 0 bridgehead atoms. The third-order valence-corrected chi connectivity index (χ3v) is 10.5. The van der Waals surface area contributed by atoms with Crippen LogP contribution in [0.4, 0.5) is 0 Å². The lowest BCUT2D eigenvalue weighted by Gasteiger charge is -2.42. The fraction of sp³-hybridized carbons (Fsp3) is 0.733. The van der Waals surface area contributed by atoms with Gasteiger partial charge in [-0.1, -0.05) is 46.0 Å². The molecule has 2 aliphatic rings. The molecule has 3 heteroatoms. The second kappa shape index (κ2) is 3.89. The average Bonchev–Trinajstić information content (AvgIpc) is 2.48. The van der Waals surface area contributed by atoms with Gasteiger partial charge in [-0.2, -0.15) is 0 Å². The Morgan fingerprint density at radius 2 is 1.83 bits per heavy atom. The molecule has 1 heterocycles. The van der Waals surface area contributed by atoms with E-state index in [9.17, 15) is 0 Å². The molecule has 0 aromatic heterocycles. The lowest BCUT2D eigenvalue weighted by Crippen LogP contribution is -2.43. The van der Waals surface area contributed by atoms with Gasteiger partial charge in [0.15, 0.2) is 0 Å². The van der Waals surface area contributed by atoms with Crippen LogP contribution < -0.4 is 0 Å². The molecule has 0 N–H and O–H groups in total. The Morgan fingerprint density at radius 1 is 1.22 bits per heavy atom. The Bertz CT molecular complexity index is 411. The zero-order valence-corrected chi connectivity index (χ0v) is 13.8. The summed E-state index contributed by atoms with van der Waals surface area (Å²) in [5, 5.41) is 0.341. The maximum atomic E-state index is 6.09. The minimum absolute atomic E-state index is 0.341. The maximum absolute atomic E-state index is 6.09. The van der Waals surface area contributed by atoms with Gasteiger partial charge in [-0.25, -0.2) is 0 Å². The third kappa shape index (κ3) is 2.13. The standard InChI is InChI=1S/C15H26O2Si/c1-14(2,3)18(6,7)12-10-8-9-11-13(12)17-15(4,5)16-11/h8,10,12H,9H2,1-7H3. The summed E-state index contributed by atoms with van der Waals surface area (Å²) in [6.07, 6.45) is 5.47. The van der Waals surface area contributed by atoms with E-state index in [-0.39, 0.29) is 0 Å². The van der Waals surface area contributed by atoms with E-state index < -0.39 is 13.9 Å². The quantitative estimate of drug-likeness (QED) is 0.500. The molecule has 2 nitrogen and oxygen atoms in total. The molecular weight excluding hydrogens is 240 g/mol. The van der Waals surface area contributed by atoms with Gasteiger partial charge >= 0.3 is 0 Å². The van der Waals surface area contributed by atoms with E-state index in [1.54, 1.807) is 0 Å². The minimum Gasteiger partial charge on any atom is -0.453 e. The minimum atomic E-state index is -1.50. The van der Waals surface area contributed by atoms with Crippen LogP contribution in [0.5, 0.6) is 0 Å². The van der Waals surface area contributed by atoms with Gasteiger partial charge in [0.05, 0.1) is 8.07 Å². The van der Waals surface area contributed by atoms with Crippen molar-refractivity contribution in [1.82, 2.24) is 0 Å². The van der Waals surface area contributed by atoms with E-state index in [0.29, 0.717) is 10.6 Å². The van der Waals surface area contributed by atoms with E-state index >= 15 is 0 Å². The van der Waals surface area contributed by atoms with Crippen molar-refractivity contribution in [3.63, 3.8) is 0 Å². The summed E-state index contributed by atoms with van der Waals surface area (Å²) >= 11 is 0. The van der Waals surface area contributed by atoms with Gasteiger partial charge in [-0.15, -0.1) is 0 Å². The highest BCUT2D eigenvalue weighted by molar-refractivity contribution is 6.82. The summed E-state index contributed by atoms with van der Waals surface area (Å²) in [7, 11) is -1.50. The highest BCUT2D eigenvalue weighted by Crippen LogP contribution is 2.52. The maximum Gasteiger partial charge on any atom is 0.245 e. The van der Waals surface area contributed by atoms with E-state index in [1.165, 1.54) is 0 Å². The highest BCUT2D eigenvalue weighted by atomic mass is 28.3. The highest BCUT2D eigenvalue weighted by Gasteiger charge is 2.48. The molecule has 0 aromatic carbocycles. The molecule has 0 spiro atoms. The molecule has 102 valence electrons. The molecule has 1 atom stereocenters. The zero-order chi connectivity index (χ0) is 13.8. The topological polar surface area (TPSA) is 18.5 Å². The summed E-state index contributed by atoms with van der Waals surface area (Å²) < 4.78 is 12.0. The van der Waals surface area contributed by atoms with Crippen LogP contribution in [0.25, 0.3) is 0 Å². The summed E-state index contributed by atoms with van der Waals surface area (Å²) in [5.74, 6) is 1.67. The lowest BCUT2D eigenvalue weighted by molar-refractivity contribution is -0.123. The van der Waals surface area contributed by atoms with Crippen molar-refractivity contribution in [2.45, 2.75) is 70.5 Å². The number of hydrogen-bond donors (Lipinski definition) is 0. The van der Waals surface area contributed by atoms with Crippen molar-refractivity contribution in [3.05, 3.63) is 23.7 Å². The van der Waals surface area contributed by atoms with E-state index in [4.69, 9.17) is 9.47 Å². The van der Waals surface area contributed by atoms with Gasteiger partial charge in [0, 0.05) is 25.8 Å². The SMILES string of the molecule is CC1(C)OC2=C(O1)C([Si](C)(C)C(C)(C)C)C=CC2. The third-order valence-electron chi connectivity index (χ3n) is 4.62. The Balaban J connectivity index is 2.35. The Kier molecular flexibility index (Phi) is 2.97. The second-order valence-corrected chi connectivity index (χ2v) is 13.0. The van der Waals surface area contributed by atoms with Gasteiger partial charge in [-0.05, 0) is 5.04 Å². The average molecular weight is 266 g/mol. The molecule has 0 radical (unpaired) electrons. The Hall–Kier alpha value is -0.703. The van der Waals surface area contributed by atoms with E-state index in [1.807, 2.05) is 13.8 Å². The normalized spacial score (nSPS) is 26.7. The largest absolute Gasteiger partial charge is 0.453 e. The van der Waals surface area contributed by atoms with Gasteiger partial charge in [-0.3, -0.25) is 0 Å². The predicted octanol–water partition coefficient (Wildman–Crippen LogP) is 4.82. The van der Waals surface area contributed by atoms with Crippen LogP contribution in [0, 0.1) is 0 Å². The predicted molar refractivity (Wildman–Crippen MR) is 78.0 cm³/mol. The first-order valence-corrected chi connectivity index (χ1v) is 9.90. The molecular formula is C15H26O2Si. The fourth-order valence-corrected chi connectivity index (χ4v) is 4.93. The molecule has 1 unspecified atom stereocenters. The molecule has 0 fully saturated rings. The molecule has 1 aliphatic carbocycles. The monoisotopic (exact) mass is 266 g/mol. The van der Waals surface area contributed by atoms with E-state index in [0.717, 1.165) is 17.9 Å². The summed E-state index contributed by atoms with van der Waals surface area (Å²) in [5.41, 5.74) is 0.433. The van der Waals surface area contributed by atoms with Crippen molar-refractivity contribution in [2.75, 3.05) is 0 Å². The molecule has 2 rings (SSSR count). The van der Waals surface area contributed by atoms with Gasteiger partial charge in [0.25, 0.3) is 0 Å². The van der Waals surface area contributed by atoms with Crippen molar-refractivity contribution in [2.24, 2.45) is 0 Å². The van der Waals surface area contributed by atoms with Crippen molar-refractivity contribution in [1.29, 1.82) is 0 Å². The molecule has 1 aliphatic heterocycles. The van der Waals surface area contributed by atoms with Gasteiger partial charge in [0.2, 0.25) is 5.79 Å². The first-order valence-electron chi connectivity index (χ1n) is 6.82. The number of allylic oxidation sites excluding steroid dienone is 2. The van der Waals surface area contributed by atoms with Crippen LogP contribution in [0.2, 0.25) is 23.7 Å². The van der Waals surface area contributed by atoms with Crippen LogP contribution >= 0.6 is 0 Å². The van der Waals surface area contributed by atoms with Crippen molar-refractivity contribution >= 4 is 8.07 Å².